The fourth-order valence-electron chi connectivity index (χ4n) is 0.672. The molecule has 1 aromatic carbocycles. The van der Waals surface area contributed by atoms with Crippen molar-refractivity contribution in [3.63, 3.8) is 0 Å². The third kappa shape index (κ3) is 2.25. The predicted molar refractivity (Wildman–Crippen MR) is 36.8 cm³/mol. The lowest BCUT2D eigenvalue weighted by molar-refractivity contribution is -0.137. The Morgan fingerprint density at radius 3 is 1.82 bits per heavy atom. The molecular weight excluding hydrogens is 168 g/mol. The summed E-state index contributed by atoms with van der Waals surface area (Å²) in [5.74, 6) is 0. The van der Waals surface area contributed by atoms with Gasteiger partial charge in [0.15, 0.2) is 16.3 Å². The fourth-order valence-corrected chi connectivity index (χ4v) is 0.865. The van der Waals surface area contributed by atoms with Gasteiger partial charge in [-0.25, -0.2) is 0 Å². The number of hydrogen-bond donors (Lipinski definition) is 0. The molecule has 0 aromatic heterocycles. The highest BCUT2D eigenvalue weighted by molar-refractivity contribution is 6.32. The van der Waals surface area contributed by atoms with Gasteiger partial charge in [-0.1, -0.05) is 24.3 Å². The summed E-state index contributed by atoms with van der Waals surface area (Å²) in [5.41, 5.74) is -0.608. The number of halogens is 3. The Morgan fingerprint density at radius 1 is 1.00 bits per heavy atom. The summed E-state index contributed by atoms with van der Waals surface area (Å²) in [6, 6.07) is 4.94. The van der Waals surface area contributed by atoms with E-state index >= 15 is 0 Å². The van der Waals surface area contributed by atoms with Crippen molar-refractivity contribution in [2.24, 2.45) is 0 Å². The second-order valence-electron chi connectivity index (χ2n) is 2.12. The summed E-state index contributed by atoms with van der Waals surface area (Å²) in [4.78, 5) is 0. The van der Waals surface area contributed by atoms with Crippen LogP contribution in [0.15, 0.2) is 24.3 Å². The molecule has 0 amide bonds. The molecule has 0 nitrogen and oxygen atoms in total. The lowest BCUT2D eigenvalue weighted by Gasteiger charge is -2.05. The van der Waals surface area contributed by atoms with E-state index in [1.807, 2.05) is 0 Å². The van der Waals surface area contributed by atoms with Gasteiger partial charge in [-0.15, -0.1) is 4.43 Å². The molecular formula is C7H4AlF3. The van der Waals surface area contributed by atoms with Crippen LogP contribution in [-0.4, -0.2) is 16.3 Å². The van der Waals surface area contributed by atoms with Crippen LogP contribution in [0, 0.1) is 0 Å². The quantitative estimate of drug-likeness (QED) is 0.520. The highest BCUT2D eigenvalue weighted by atomic mass is 27.0. The van der Waals surface area contributed by atoms with Gasteiger partial charge in [0.1, 0.15) is 0 Å². The zero-order valence-corrected chi connectivity index (χ0v) is 6.68. The average Bonchev–Trinajstić information content (AvgIpc) is 1.86. The molecule has 0 fully saturated rings. The van der Waals surface area contributed by atoms with Crippen LogP contribution in [0.3, 0.4) is 0 Å². The van der Waals surface area contributed by atoms with Crippen LogP contribution in [0.4, 0.5) is 13.2 Å². The van der Waals surface area contributed by atoms with Crippen molar-refractivity contribution in [3.8, 4) is 0 Å². The van der Waals surface area contributed by atoms with Crippen molar-refractivity contribution in [1.29, 1.82) is 0 Å². The lowest BCUT2D eigenvalue weighted by Crippen LogP contribution is -2.08. The first-order valence-electron chi connectivity index (χ1n) is 2.93. The van der Waals surface area contributed by atoms with Gasteiger partial charge in [-0.3, -0.25) is 0 Å². The fraction of sp³-hybridized carbons (Fsp3) is 0.143. The van der Waals surface area contributed by atoms with Crippen molar-refractivity contribution in [1.82, 2.24) is 0 Å². The topological polar surface area (TPSA) is 0 Å². The molecule has 0 heterocycles. The molecule has 0 saturated carbocycles. The van der Waals surface area contributed by atoms with Crippen LogP contribution in [0.1, 0.15) is 5.56 Å². The Balaban J connectivity index is 2.99. The Kier molecular flexibility index (Phi) is 2.26. The molecule has 11 heavy (non-hydrogen) atoms. The average molecular weight is 172 g/mol. The van der Waals surface area contributed by atoms with Crippen LogP contribution in [0.2, 0.25) is 0 Å². The summed E-state index contributed by atoms with van der Waals surface area (Å²) in [6.07, 6.45) is -4.22. The lowest BCUT2D eigenvalue weighted by atomic mass is 10.2. The van der Waals surface area contributed by atoms with E-state index in [0.29, 0.717) is 0 Å². The molecule has 0 aliphatic rings. The Bertz CT molecular complexity index is 237. The van der Waals surface area contributed by atoms with Gasteiger partial charge in [-0.05, 0) is 0 Å². The maximum Gasteiger partial charge on any atom is 0.416 e. The van der Waals surface area contributed by atoms with Gasteiger partial charge in [0.25, 0.3) is 0 Å². The summed E-state index contributed by atoms with van der Waals surface area (Å²) >= 11 is 2.33. The largest absolute Gasteiger partial charge is 0.416 e. The summed E-state index contributed by atoms with van der Waals surface area (Å²) in [6.45, 7) is 0. The number of rotatable bonds is 0. The van der Waals surface area contributed by atoms with Crippen LogP contribution >= 0.6 is 0 Å². The van der Waals surface area contributed by atoms with Gasteiger partial charge < -0.3 is 0 Å². The number of alkyl halides is 3. The molecule has 56 valence electrons. The van der Waals surface area contributed by atoms with E-state index in [0.717, 1.165) is 16.6 Å². The third-order valence-electron chi connectivity index (χ3n) is 1.24. The molecule has 0 unspecified atom stereocenters. The van der Waals surface area contributed by atoms with Crippen LogP contribution in [0.25, 0.3) is 0 Å². The first kappa shape index (κ1) is 8.64. The van der Waals surface area contributed by atoms with E-state index in [2.05, 4.69) is 16.3 Å². The van der Waals surface area contributed by atoms with Gasteiger partial charge in [0.05, 0.1) is 5.56 Å². The molecule has 0 N–H and O–H groups in total. The molecule has 0 atom stereocenters. The van der Waals surface area contributed by atoms with Crippen LogP contribution in [-0.2, 0) is 6.18 Å². The highest BCUT2D eigenvalue weighted by Crippen LogP contribution is 2.27. The van der Waals surface area contributed by atoms with Crippen LogP contribution < -0.4 is 4.43 Å². The molecule has 0 bridgehead atoms. The zero-order chi connectivity index (χ0) is 8.48. The normalized spacial score (nSPS) is 11.5. The monoisotopic (exact) mass is 172 g/mol. The molecule has 1 rings (SSSR count). The van der Waals surface area contributed by atoms with E-state index in [1.165, 1.54) is 12.1 Å². The van der Waals surface area contributed by atoms with E-state index in [9.17, 15) is 13.2 Å². The van der Waals surface area contributed by atoms with Gasteiger partial charge in [-0.2, -0.15) is 13.2 Å². The minimum Gasteiger partial charge on any atom is -0.166 e. The van der Waals surface area contributed by atoms with E-state index in [1.54, 1.807) is 0 Å². The number of benzene rings is 1. The first-order valence-corrected chi connectivity index (χ1v) is 3.50. The van der Waals surface area contributed by atoms with Gasteiger partial charge in [0, 0.05) is 0 Å². The van der Waals surface area contributed by atoms with Gasteiger partial charge in [0.2, 0.25) is 0 Å². The molecule has 0 saturated heterocycles. The summed E-state index contributed by atoms with van der Waals surface area (Å²) < 4.78 is 36.5. The minimum absolute atomic E-state index is 0.608. The molecule has 2 radical (unpaired) electrons. The smallest absolute Gasteiger partial charge is 0.166 e. The van der Waals surface area contributed by atoms with E-state index < -0.39 is 11.7 Å². The van der Waals surface area contributed by atoms with Crippen molar-refractivity contribution in [2.75, 3.05) is 0 Å². The van der Waals surface area contributed by atoms with Crippen molar-refractivity contribution < 1.29 is 13.2 Å². The Hall–Kier alpha value is -0.458. The Labute approximate surface area is 70.5 Å². The molecule has 0 spiro atoms. The molecule has 4 heteroatoms. The van der Waals surface area contributed by atoms with Gasteiger partial charge >= 0.3 is 6.18 Å². The van der Waals surface area contributed by atoms with E-state index in [-0.39, 0.29) is 0 Å². The maximum atomic E-state index is 11.9. The van der Waals surface area contributed by atoms with Crippen molar-refractivity contribution >= 4 is 20.7 Å². The zero-order valence-electron chi connectivity index (χ0n) is 5.52. The molecule has 0 aliphatic carbocycles. The maximum absolute atomic E-state index is 11.9. The minimum atomic E-state index is -4.22. The van der Waals surface area contributed by atoms with E-state index in [4.69, 9.17) is 0 Å². The second-order valence-corrected chi connectivity index (χ2v) is 2.79. The summed E-state index contributed by atoms with van der Waals surface area (Å²) in [5, 5.41) is 0. The van der Waals surface area contributed by atoms with Crippen LogP contribution in [0.5, 0.6) is 0 Å². The predicted octanol–water partition coefficient (Wildman–Crippen LogP) is 1.50. The highest BCUT2D eigenvalue weighted by Gasteiger charge is 2.29. The first-order chi connectivity index (χ1) is 5.00. The molecule has 0 aliphatic heterocycles. The van der Waals surface area contributed by atoms with Crippen molar-refractivity contribution in [2.45, 2.75) is 6.18 Å². The SMILES string of the molecule is FC(F)(F)c1cc[c]([Al])cc1. The second kappa shape index (κ2) is 2.88. The molecule has 1 aromatic rings. The Morgan fingerprint density at radius 2 is 1.45 bits per heavy atom. The standard InChI is InChI=1S/C7H4F3.Al/c8-7(9,10)6-4-2-1-3-5-6;/h2-5H;. The summed E-state index contributed by atoms with van der Waals surface area (Å²) in [7, 11) is 0. The third-order valence-corrected chi connectivity index (χ3v) is 1.62. The van der Waals surface area contributed by atoms with Crippen molar-refractivity contribution in [3.05, 3.63) is 29.8 Å². The number of hydrogen-bond acceptors (Lipinski definition) is 0.